The van der Waals surface area contributed by atoms with Crippen LogP contribution in [0, 0.1) is 11.6 Å². The number of nitrogens with zero attached hydrogens (tertiary/aromatic N) is 4. The highest BCUT2D eigenvalue weighted by atomic mass is 35.5. The summed E-state index contributed by atoms with van der Waals surface area (Å²) < 4.78 is 37.6. The Balaban J connectivity index is 0.000000191. The number of ether oxygens (including phenoxy) is 2. The number of rotatable bonds is 4. The van der Waals surface area contributed by atoms with E-state index in [1.165, 1.54) is 63.3 Å². The Bertz CT molecular complexity index is 1230. The van der Waals surface area contributed by atoms with Crippen LogP contribution in [-0.2, 0) is 0 Å². The SMILES string of the molecule is COc1cc(-c2c(N)ccc(Cl)c2F)ncn1.COc1cc(-c2c(N)ccc(Cl)c2F)ncn1. The zero-order chi connectivity index (χ0) is 24.8. The second-order valence-electron chi connectivity index (χ2n) is 6.54. The molecule has 0 spiro atoms. The van der Waals surface area contributed by atoms with Crippen molar-refractivity contribution in [3.63, 3.8) is 0 Å². The van der Waals surface area contributed by atoms with E-state index in [-0.39, 0.29) is 32.5 Å². The van der Waals surface area contributed by atoms with Crippen LogP contribution < -0.4 is 20.9 Å². The molecule has 12 heteroatoms. The molecule has 4 rings (SSSR count). The van der Waals surface area contributed by atoms with Gasteiger partial charge in [-0.05, 0) is 24.3 Å². The third-order valence-electron chi connectivity index (χ3n) is 4.47. The minimum absolute atomic E-state index is 0.00761. The molecule has 2 aromatic carbocycles. The van der Waals surface area contributed by atoms with Crippen molar-refractivity contribution in [2.75, 3.05) is 25.7 Å². The fourth-order valence-corrected chi connectivity index (χ4v) is 3.14. The van der Waals surface area contributed by atoms with Gasteiger partial charge < -0.3 is 20.9 Å². The van der Waals surface area contributed by atoms with Crippen molar-refractivity contribution in [1.82, 2.24) is 19.9 Å². The quantitative estimate of drug-likeness (QED) is 0.368. The van der Waals surface area contributed by atoms with Crippen molar-refractivity contribution >= 4 is 34.6 Å². The number of aromatic nitrogens is 4. The maximum Gasteiger partial charge on any atom is 0.216 e. The lowest BCUT2D eigenvalue weighted by Crippen LogP contribution is -1.98. The minimum atomic E-state index is -0.604. The van der Waals surface area contributed by atoms with Crippen molar-refractivity contribution in [3.8, 4) is 34.3 Å². The van der Waals surface area contributed by atoms with E-state index in [1.54, 1.807) is 0 Å². The molecular weight excluding hydrogens is 489 g/mol. The van der Waals surface area contributed by atoms with Crippen molar-refractivity contribution in [2.24, 2.45) is 0 Å². The first kappa shape index (κ1) is 24.9. The van der Waals surface area contributed by atoms with Gasteiger partial charge in [0.15, 0.2) is 11.6 Å². The highest BCUT2D eigenvalue weighted by Crippen LogP contribution is 2.33. The van der Waals surface area contributed by atoms with E-state index in [9.17, 15) is 8.78 Å². The molecule has 0 bridgehead atoms. The maximum absolute atomic E-state index is 13.9. The first-order chi connectivity index (χ1) is 16.3. The molecule has 0 aliphatic rings. The summed E-state index contributed by atoms with van der Waals surface area (Å²) in [5.41, 5.74) is 12.9. The van der Waals surface area contributed by atoms with Gasteiger partial charge >= 0.3 is 0 Å². The van der Waals surface area contributed by atoms with E-state index in [1.807, 2.05) is 0 Å². The van der Waals surface area contributed by atoms with Crippen LogP contribution in [0.3, 0.4) is 0 Å². The summed E-state index contributed by atoms with van der Waals surface area (Å²) in [6.07, 6.45) is 2.54. The number of nitrogens with two attached hydrogens (primary N) is 2. The molecule has 0 radical (unpaired) electrons. The van der Waals surface area contributed by atoms with E-state index in [0.29, 0.717) is 23.1 Å². The number of anilines is 2. The van der Waals surface area contributed by atoms with Gasteiger partial charge in [0.25, 0.3) is 0 Å². The summed E-state index contributed by atoms with van der Waals surface area (Å²) in [5.74, 6) is -0.553. The van der Waals surface area contributed by atoms with Crippen LogP contribution in [0.2, 0.25) is 10.0 Å². The van der Waals surface area contributed by atoms with Crippen molar-refractivity contribution in [3.05, 3.63) is 70.7 Å². The molecular formula is C22H18Cl2F2N6O2. The second-order valence-corrected chi connectivity index (χ2v) is 7.36. The van der Waals surface area contributed by atoms with Crippen LogP contribution >= 0.6 is 23.2 Å². The van der Waals surface area contributed by atoms with E-state index in [4.69, 9.17) is 44.1 Å². The van der Waals surface area contributed by atoms with Gasteiger partial charge in [-0.25, -0.2) is 28.7 Å². The van der Waals surface area contributed by atoms with Crippen LogP contribution in [0.5, 0.6) is 11.8 Å². The number of hydrogen-bond donors (Lipinski definition) is 2. The van der Waals surface area contributed by atoms with Crippen LogP contribution in [0.25, 0.3) is 22.5 Å². The smallest absolute Gasteiger partial charge is 0.216 e. The van der Waals surface area contributed by atoms with E-state index >= 15 is 0 Å². The lowest BCUT2D eigenvalue weighted by atomic mass is 10.1. The highest BCUT2D eigenvalue weighted by Gasteiger charge is 2.16. The predicted octanol–water partition coefficient (Wildman–Crippen LogP) is 5.05. The molecule has 0 saturated heterocycles. The maximum atomic E-state index is 13.9. The average Bonchev–Trinajstić information content (AvgIpc) is 2.85. The molecule has 0 aliphatic heterocycles. The Morgan fingerprint density at radius 3 is 1.41 bits per heavy atom. The summed E-state index contributed by atoms with van der Waals surface area (Å²) in [7, 11) is 2.92. The first-order valence-electron chi connectivity index (χ1n) is 9.46. The molecule has 2 aromatic heterocycles. The zero-order valence-corrected chi connectivity index (χ0v) is 19.4. The Hall–Kier alpha value is -3.76. The number of hydrogen-bond acceptors (Lipinski definition) is 8. The Morgan fingerprint density at radius 1 is 0.676 bits per heavy atom. The Morgan fingerprint density at radius 2 is 1.06 bits per heavy atom. The van der Waals surface area contributed by atoms with E-state index in [2.05, 4.69) is 19.9 Å². The zero-order valence-electron chi connectivity index (χ0n) is 17.9. The molecule has 4 N–H and O–H groups in total. The molecule has 8 nitrogen and oxygen atoms in total. The van der Waals surface area contributed by atoms with E-state index in [0.717, 1.165) is 0 Å². The fraction of sp³-hybridized carbons (Fsp3) is 0.0909. The largest absolute Gasteiger partial charge is 0.481 e. The minimum Gasteiger partial charge on any atom is -0.481 e. The third kappa shape index (κ3) is 5.41. The summed E-state index contributed by atoms with van der Waals surface area (Å²) in [6.45, 7) is 0. The summed E-state index contributed by atoms with van der Waals surface area (Å²) in [5, 5.41) is -0.0152. The summed E-state index contributed by atoms with van der Waals surface area (Å²) in [4.78, 5) is 15.6. The molecule has 0 unspecified atom stereocenters. The van der Waals surface area contributed by atoms with Gasteiger partial charge in [0, 0.05) is 23.5 Å². The predicted molar refractivity (Wildman–Crippen MR) is 127 cm³/mol. The molecule has 0 saturated carbocycles. The van der Waals surface area contributed by atoms with Gasteiger partial charge in [-0.1, -0.05) is 23.2 Å². The standard InChI is InChI=1S/2C11H9ClFN3O/c2*1-17-9-4-8(15-5-16-9)10-7(14)3-2-6(12)11(10)13/h2*2-5H,14H2,1H3. The molecule has 176 valence electrons. The second kappa shape index (κ2) is 10.9. The lowest BCUT2D eigenvalue weighted by molar-refractivity contribution is 0.397. The van der Waals surface area contributed by atoms with Crippen LogP contribution in [0.15, 0.2) is 49.1 Å². The Labute approximate surface area is 203 Å². The van der Waals surface area contributed by atoms with Crippen LogP contribution in [0.4, 0.5) is 20.2 Å². The summed E-state index contributed by atoms with van der Waals surface area (Å²) >= 11 is 11.4. The molecule has 0 fully saturated rings. The Kier molecular flexibility index (Phi) is 7.98. The topological polar surface area (TPSA) is 122 Å². The van der Waals surface area contributed by atoms with Gasteiger partial charge in [0.1, 0.15) is 12.7 Å². The van der Waals surface area contributed by atoms with Crippen molar-refractivity contribution in [2.45, 2.75) is 0 Å². The number of nitrogen functional groups attached to an aromatic ring is 2. The monoisotopic (exact) mass is 506 g/mol. The number of halogens is 4. The summed E-state index contributed by atoms with van der Waals surface area (Å²) in [6, 6.07) is 8.82. The molecule has 0 aliphatic carbocycles. The van der Waals surface area contributed by atoms with Crippen LogP contribution in [0.1, 0.15) is 0 Å². The molecule has 0 amide bonds. The third-order valence-corrected chi connectivity index (χ3v) is 5.05. The van der Waals surface area contributed by atoms with Crippen LogP contribution in [-0.4, -0.2) is 34.2 Å². The molecule has 4 aromatic rings. The highest BCUT2D eigenvalue weighted by molar-refractivity contribution is 6.31. The van der Waals surface area contributed by atoms with Gasteiger partial charge in [-0.2, -0.15) is 0 Å². The van der Waals surface area contributed by atoms with Crippen molar-refractivity contribution < 1.29 is 18.3 Å². The normalized spacial score (nSPS) is 10.3. The van der Waals surface area contributed by atoms with Gasteiger partial charge in [-0.3, -0.25) is 0 Å². The molecule has 2 heterocycles. The molecule has 0 atom stereocenters. The van der Waals surface area contributed by atoms with Crippen molar-refractivity contribution in [1.29, 1.82) is 0 Å². The molecule has 34 heavy (non-hydrogen) atoms. The number of methoxy groups -OCH3 is 2. The van der Waals surface area contributed by atoms with E-state index < -0.39 is 11.6 Å². The average molecular weight is 507 g/mol. The fourth-order valence-electron chi connectivity index (χ4n) is 2.83. The van der Waals surface area contributed by atoms with Gasteiger partial charge in [-0.15, -0.1) is 0 Å². The van der Waals surface area contributed by atoms with Gasteiger partial charge in [0.05, 0.1) is 46.8 Å². The van der Waals surface area contributed by atoms with Gasteiger partial charge in [0.2, 0.25) is 11.8 Å². The first-order valence-corrected chi connectivity index (χ1v) is 10.2. The lowest BCUT2D eigenvalue weighted by Gasteiger charge is -2.08. The number of benzene rings is 2.